The number of aromatic nitrogens is 6. The normalized spacial score (nSPS) is 18.3. The van der Waals surface area contributed by atoms with Gasteiger partial charge in [0.05, 0.1) is 18.4 Å². The number of amides is 2. The van der Waals surface area contributed by atoms with Crippen molar-refractivity contribution in [2.24, 2.45) is 0 Å². The predicted molar refractivity (Wildman–Crippen MR) is 158 cm³/mol. The van der Waals surface area contributed by atoms with Gasteiger partial charge in [0.2, 0.25) is 5.95 Å². The van der Waals surface area contributed by atoms with Crippen molar-refractivity contribution in [2.45, 2.75) is 38.3 Å². The molecule has 11 nitrogen and oxygen atoms in total. The van der Waals surface area contributed by atoms with E-state index in [4.69, 9.17) is 9.97 Å². The van der Waals surface area contributed by atoms with E-state index in [-0.39, 0.29) is 18.1 Å². The minimum Gasteiger partial charge on any atom is -0.358 e. The molecule has 42 heavy (non-hydrogen) atoms. The van der Waals surface area contributed by atoms with Crippen LogP contribution in [0.25, 0.3) is 27.9 Å². The van der Waals surface area contributed by atoms with E-state index < -0.39 is 5.82 Å². The number of urea groups is 1. The summed E-state index contributed by atoms with van der Waals surface area (Å²) in [7, 11) is 2.06. The number of carbonyl (C=O) groups is 1. The fourth-order valence-electron chi connectivity index (χ4n) is 6.00. The van der Waals surface area contributed by atoms with Crippen LogP contribution in [0, 0.1) is 5.82 Å². The first-order valence-electron chi connectivity index (χ1n) is 14.4. The molecule has 216 valence electrons. The van der Waals surface area contributed by atoms with E-state index in [1.54, 1.807) is 16.9 Å². The number of aryl methyl sites for hydroxylation is 1. The lowest BCUT2D eigenvalue weighted by Gasteiger charge is -2.33. The van der Waals surface area contributed by atoms with Gasteiger partial charge in [-0.05, 0) is 50.9 Å². The Kier molecular flexibility index (Phi) is 6.69. The maximum Gasteiger partial charge on any atom is 0.317 e. The molecule has 1 aromatic carbocycles. The average Bonchev–Trinajstić information content (AvgIpc) is 3.59. The second-order valence-corrected chi connectivity index (χ2v) is 11.3. The Morgan fingerprint density at radius 1 is 1.12 bits per heavy atom. The molecule has 0 spiro atoms. The highest BCUT2D eigenvalue weighted by Crippen LogP contribution is 2.31. The topological polar surface area (TPSA) is 119 Å². The summed E-state index contributed by atoms with van der Waals surface area (Å²) in [6.07, 6.45) is 7.07. The number of hydrogen-bond acceptors (Lipinski definition) is 7. The van der Waals surface area contributed by atoms with Crippen LogP contribution in [-0.4, -0.2) is 84.6 Å². The van der Waals surface area contributed by atoms with Gasteiger partial charge in [-0.25, -0.2) is 14.2 Å². The molecule has 0 bridgehead atoms. The molecule has 7 rings (SSSR count). The van der Waals surface area contributed by atoms with E-state index in [2.05, 4.69) is 55.8 Å². The summed E-state index contributed by atoms with van der Waals surface area (Å²) in [5, 5.41) is 12.6. The van der Waals surface area contributed by atoms with Gasteiger partial charge in [0.25, 0.3) is 0 Å². The minimum absolute atomic E-state index is 0.107. The SMILES string of the molecule is C[C@H](NC(=O)N1CCN(C)CC1)c1cnn2c(N[C@H]3CCc4[nH]c5ccccc5c4C3)nc(-c3cncc(F)c3)nc12. The van der Waals surface area contributed by atoms with Gasteiger partial charge in [-0.15, -0.1) is 0 Å². The number of para-hydroxylation sites is 1. The molecule has 0 saturated carbocycles. The Balaban J connectivity index is 1.21. The summed E-state index contributed by atoms with van der Waals surface area (Å²) in [5.41, 5.74) is 5.50. The van der Waals surface area contributed by atoms with Gasteiger partial charge >= 0.3 is 6.03 Å². The van der Waals surface area contributed by atoms with E-state index >= 15 is 0 Å². The lowest BCUT2D eigenvalue weighted by molar-refractivity contribution is 0.152. The van der Waals surface area contributed by atoms with Crippen LogP contribution in [0.15, 0.2) is 48.9 Å². The van der Waals surface area contributed by atoms with Gasteiger partial charge in [-0.3, -0.25) is 4.98 Å². The molecule has 1 aliphatic heterocycles. The second-order valence-electron chi connectivity index (χ2n) is 11.3. The molecule has 0 unspecified atom stereocenters. The van der Waals surface area contributed by atoms with Gasteiger partial charge in [0.1, 0.15) is 5.82 Å². The second kappa shape index (κ2) is 10.7. The molecule has 2 aliphatic rings. The third-order valence-corrected chi connectivity index (χ3v) is 8.38. The first-order valence-corrected chi connectivity index (χ1v) is 14.4. The number of aromatic amines is 1. The number of likely N-dealkylation sites (N-methyl/N-ethyl adjacent to an activating group) is 1. The molecule has 4 aromatic heterocycles. The van der Waals surface area contributed by atoms with Crippen LogP contribution in [-0.2, 0) is 12.8 Å². The molecule has 0 radical (unpaired) electrons. The number of nitrogens with zero attached hydrogens (tertiary/aromatic N) is 7. The summed E-state index contributed by atoms with van der Waals surface area (Å²) in [5.74, 6) is 0.377. The maximum absolute atomic E-state index is 14.2. The van der Waals surface area contributed by atoms with Crippen LogP contribution >= 0.6 is 0 Å². The van der Waals surface area contributed by atoms with Crippen molar-refractivity contribution >= 4 is 28.5 Å². The molecule has 1 saturated heterocycles. The molecule has 2 atom stereocenters. The monoisotopic (exact) mass is 568 g/mol. The number of anilines is 1. The number of hydrogen-bond donors (Lipinski definition) is 3. The molecule has 5 aromatic rings. The number of H-pyrrole nitrogens is 1. The summed E-state index contributed by atoms with van der Waals surface area (Å²) in [6, 6.07) is 9.38. The summed E-state index contributed by atoms with van der Waals surface area (Å²) in [4.78, 5) is 34.2. The van der Waals surface area contributed by atoms with E-state index in [0.717, 1.165) is 49.6 Å². The lowest BCUT2D eigenvalue weighted by atomic mass is 9.91. The average molecular weight is 569 g/mol. The Bertz CT molecular complexity index is 1770. The third kappa shape index (κ3) is 4.91. The zero-order chi connectivity index (χ0) is 28.8. The van der Waals surface area contributed by atoms with Crippen molar-refractivity contribution in [3.63, 3.8) is 0 Å². The Labute approximate surface area is 242 Å². The van der Waals surface area contributed by atoms with Crippen molar-refractivity contribution in [1.29, 1.82) is 0 Å². The quantitative estimate of drug-likeness (QED) is 0.295. The van der Waals surface area contributed by atoms with Crippen LogP contribution in [0.1, 0.15) is 36.2 Å². The maximum atomic E-state index is 14.2. The fourth-order valence-corrected chi connectivity index (χ4v) is 6.00. The lowest BCUT2D eigenvalue weighted by Crippen LogP contribution is -2.51. The van der Waals surface area contributed by atoms with Crippen LogP contribution in [0.4, 0.5) is 15.1 Å². The van der Waals surface area contributed by atoms with Crippen LogP contribution in [0.3, 0.4) is 0 Å². The van der Waals surface area contributed by atoms with Crippen molar-refractivity contribution in [3.8, 4) is 11.4 Å². The van der Waals surface area contributed by atoms with Gasteiger partial charge in [0, 0.05) is 66.1 Å². The summed E-state index contributed by atoms with van der Waals surface area (Å²) >= 11 is 0. The molecule has 1 fully saturated rings. The molecular formula is C30H33FN10O. The van der Waals surface area contributed by atoms with E-state index in [1.807, 2.05) is 17.9 Å². The molecule has 3 N–H and O–H groups in total. The first kappa shape index (κ1) is 26.3. The van der Waals surface area contributed by atoms with Crippen molar-refractivity contribution in [3.05, 3.63) is 71.6 Å². The number of nitrogens with one attached hydrogen (secondary N) is 3. The molecule has 12 heteroatoms. The highest BCUT2D eigenvalue weighted by molar-refractivity contribution is 5.85. The Morgan fingerprint density at radius 3 is 2.79 bits per heavy atom. The largest absolute Gasteiger partial charge is 0.358 e. The van der Waals surface area contributed by atoms with Gasteiger partial charge < -0.3 is 25.4 Å². The summed E-state index contributed by atoms with van der Waals surface area (Å²) < 4.78 is 15.8. The van der Waals surface area contributed by atoms with Gasteiger partial charge in [0.15, 0.2) is 11.5 Å². The van der Waals surface area contributed by atoms with Crippen molar-refractivity contribution in [2.75, 3.05) is 38.5 Å². The van der Waals surface area contributed by atoms with Gasteiger partial charge in [-0.2, -0.15) is 14.6 Å². The number of halogens is 1. The zero-order valence-electron chi connectivity index (χ0n) is 23.6. The number of piperazine rings is 1. The third-order valence-electron chi connectivity index (χ3n) is 8.38. The van der Waals surface area contributed by atoms with Crippen molar-refractivity contribution in [1.82, 2.24) is 44.7 Å². The number of fused-ring (bicyclic) bond motifs is 4. The predicted octanol–water partition coefficient (Wildman–Crippen LogP) is 3.79. The van der Waals surface area contributed by atoms with Crippen LogP contribution in [0.5, 0.6) is 0 Å². The van der Waals surface area contributed by atoms with E-state index in [1.165, 1.54) is 22.7 Å². The fraction of sp³-hybridized carbons (Fsp3) is 0.367. The number of rotatable bonds is 5. The number of pyridine rings is 1. The van der Waals surface area contributed by atoms with Crippen LogP contribution < -0.4 is 10.6 Å². The highest BCUT2D eigenvalue weighted by Gasteiger charge is 2.26. The van der Waals surface area contributed by atoms with Crippen LogP contribution in [0.2, 0.25) is 0 Å². The summed E-state index contributed by atoms with van der Waals surface area (Å²) in [6.45, 7) is 4.95. The molecule has 2 amide bonds. The van der Waals surface area contributed by atoms with E-state index in [9.17, 15) is 9.18 Å². The smallest absolute Gasteiger partial charge is 0.317 e. The van der Waals surface area contributed by atoms with Gasteiger partial charge in [-0.1, -0.05) is 18.2 Å². The first-order chi connectivity index (χ1) is 20.4. The Morgan fingerprint density at radius 2 is 1.95 bits per heavy atom. The standard InChI is InChI=1S/C30H33FN10O/c1-18(34-30(42)40-11-9-39(2)10-12-40)24-17-33-41-28(24)37-27(19-13-20(31)16-32-15-19)38-29(41)35-21-7-8-26-23(14-21)22-5-3-4-6-25(22)36-26/h3-6,13,15-18,21,36H,7-12,14H2,1-2H3,(H,34,42)(H,35,37,38)/t18-,21-/m0/s1. The molecule has 1 aliphatic carbocycles. The number of carbonyl (C=O) groups excluding carboxylic acids is 1. The minimum atomic E-state index is -0.467. The van der Waals surface area contributed by atoms with E-state index in [0.29, 0.717) is 36.1 Å². The highest BCUT2D eigenvalue weighted by atomic mass is 19.1. The number of benzene rings is 1. The zero-order valence-corrected chi connectivity index (χ0v) is 23.6. The molecule has 5 heterocycles. The molecular weight excluding hydrogens is 535 g/mol. The van der Waals surface area contributed by atoms with Crippen molar-refractivity contribution < 1.29 is 9.18 Å². The Hall–Kier alpha value is -4.58.